The lowest BCUT2D eigenvalue weighted by molar-refractivity contribution is 0.0235. The monoisotopic (exact) mass is 444 g/mol. The minimum atomic E-state index is -0.304. The molecule has 0 aliphatic rings. The van der Waals surface area contributed by atoms with Crippen molar-refractivity contribution in [2.45, 2.75) is 6.61 Å². The van der Waals surface area contributed by atoms with E-state index in [1.807, 2.05) is 36.4 Å². The lowest BCUT2D eigenvalue weighted by Crippen LogP contribution is -2.23. The number of hydroxylamine groups is 1. The third kappa shape index (κ3) is 3.22. The van der Waals surface area contributed by atoms with E-state index in [2.05, 4.69) is 33.1 Å². The zero-order valence-electron chi connectivity index (χ0n) is 13.0. The van der Waals surface area contributed by atoms with E-state index in [0.717, 1.165) is 25.5 Å². The molecule has 2 heterocycles. The van der Waals surface area contributed by atoms with Crippen molar-refractivity contribution in [1.82, 2.24) is 10.5 Å². The van der Waals surface area contributed by atoms with Gasteiger partial charge in [0.05, 0.1) is 12.2 Å². The van der Waals surface area contributed by atoms with Crippen molar-refractivity contribution in [3.05, 3.63) is 75.6 Å². The molecule has 4 aromatic rings. The average Bonchev–Trinajstić information content (AvgIpc) is 3.00. The Hall–Kier alpha value is -2.45. The molecule has 124 valence electrons. The molecule has 25 heavy (non-hydrogen) atoms. The number of benzene rings is 2. The highest BCUT2D eigenvalue weighted by Gasteiger charge is 2.16. The van der Waals surface area contributed by atoms with Crippen LogP contribution in [-0.4, -0.2) is 10.9 Å². The molecule has 0 aliphatic carbocycles. The van der Waals surface area contributed by atoms with E-state index in [9.17, 15) is 4.79 Å². The molecule has 0 atom stereocenters. The van der Waals surface area contributed by atoms with Gasteiger partial charge in [-0.25, -0.2) is 5.48 Å². The van der Waals surface area contributed by atoms with Crippen molar-refractivity contribution in [2.24, 2.45) is 0 Å². The Kier molecular flexibility index (Phi) is 4.37. The normalized spacial score (nSPS) is 11.1. The first-order valence-corrected chi connectivity index (χ1v) is 8.72. The molecular formula is C19H13IN2O3. The summed E-state index contributed by atoms with van der Waals surface area (Å²) in [5.74, 6) is -0.304. The summed E-state index contributed by atoms with van der Waals surface area (Å²) < 4.78 is 6.92. The number of rotatable bonds is 4. The van der Waals surface area contributed by atoms with E-state index in [4.69, 9.17) is 9.25 Å². The molecule has 0 aliphatic heterocycles. The van der Waals surface area contributed by atoms with Gasteiger partial charge in [0.1, 0.15) is 11.2 Å². The van der Waals surface area contributed by atoms with E-state index in [1.165, 1.54) is 0 Å². The predicted octanol–water partition coefficient (Wildman–Crippen LogP) is 4.45. The summed E-state index contributed by atoms with van der Waals surface area (Å²) in [5.41, 5.74) is 5.39. The highest BCUT2D eigenvalue weighted by atomic mass is 127. The lowest BCUT2D eigenvalue weighted by Gasteiger charge is -2.07. The maximum Gasteiger partial charge on any atom is 0.275 e. The Morgan fingerprint density at radius 2 is 1.96 bits per heavy atom. The molecule has 0 unspecified atom stereocenters. The second-order valence-electron chi connectivity index (χ2n) is 5.50. The Labute approximate surface area is 157 Å². The van der Waals surface area contributed by atoms with Crippen molar-refractivity contribution in [2.75, 3.05) is 0 Å². The zero-order valence-corrected chi connectivity index (χ0v) is 15.2. The van der Waals surface area contributed by atoms with Gasteiger partial charge in [-0.15, -0.1) is 0 Å². The van der Waals surface area contributed by atoms with Gasteiger partial charge in [-0.3, -0.25) is 14.6 Å². The highest BCUT2D eigenvalue weighted by molar-refractivity contribution is 14.1. The van der Waals surface area contributed by atoms with Gasteiger partial charge in [0, 0.05) is 26.7 Å². The molecule has 0 saturated carbocycles. The van der Waals surface area contributed by atoms with Crippen molar-refractivity contribution in [1.29, 1.82) is 0 Å². The summed E-state index contributed by atoms with van der Waals surface area (Å²) in [7, 11) is 0. The summed E-state index contributed by atoms with van der Waals surface area (Å²) in [6, 6.07) is 15.0. The van der Waals surface area contributed by atoms with Crippen LogP contribution in [0.3, 0.4) is 0 Å². The second kappa shape index (κ2) is 6.81. The van der Waals surface area contributed by atoms with Gasteiger partial charge in [0.15, 0.2) is 0 Å². The topological polar surface area (TPSA) is 64.4 Å². The van der Waals surface area contributed by atoms with Crippen LogP contribution in [0.2, 0.25) is 0 Å². The third-order valence-corrected chi connectivity index (χ3v) is 4.53. The van der Waals surface area contributed by atoms with E-state index >= 15 is 0 Å². The molecule has 1 N–H and O–H groups in total. The minimum absolute atomic E-state index is 0.272. The number of hydrogen-bond donors (Lipinski definition) is 1. The molecule has 0 saturated heterocycles. The predicted molar refractivity (Wildman–Crippen MR) is 103 cm³/mol. The second-order valence-corrected chi connectivity index (χ2v) is 6.74. The molecule has 0 spiro atoms. The summed E-state index contributed by atoms with van der Waals surface area (Å²) in [6.07, 6.45) is 3.36. The number of carbonyl (C=O) groups is 1. The van der Waals surface area contributed by atoms with Gasteiger partial charge in [0.25, 0.3) is 5.91 Å². The highest BCUT2D eigenvalue weighted by Crippen LogP contribution is 2.32. The number of pyridine rings is 1. The van der Waals surface area contributed by atoms with Gasteiger partial charge in [-0.2, -0.15) is 0 Å². The van der Waals surface area contributed by atoms with Crippen LogP contribution < -0.4 is 5.48 Å². The molecule has 2 aromatic heterocycles. The lowest BCUT2D eigenvalue weighted by atomic mass is 10.1. The maximum absolute atomic E-state index is 12.6. The van der Waals surface area contributed by atoms with Gasteiger partial charge in [0.2, 0.25) is 0 Å². The molecule has 0 fully saturated rings. The van der Waals surface area contributed by atoms with Gasteiger partial charge < -0.3 is 4.42 Å². The van der Waals surface area contributed by atoms with Crippen molar-refractivity contribution in [3.63, 3.8) is 0 Å². The first-order valence-electron chi connectivity index (χ1n) is 7.64. The van der Waals surface area contributed by atoms with Crippen LogP contribution in [0.15, 0.2) is 65.3 Å². The van der Waals surface area contributed by atoms with E-state index in [1.54, 1.807) is 24.5 Å². The fourth-order valence-corrected chi connectivity index (χ4v) is 3.20. The van der Waals surface area contributed by atoms with Crippen LogP contribution in [0.5, 0.6) is 0 Å². The molecule has 1 amide bonds. The molecule has 0 bridgehead atoms. The Morgan fingerprint density at radius 3 is 2.80 bits per heavy atom. The summed E-state index contributed by atoms with van der Waals surface area (Å²) in [4.78, 5) is 21.9. The number of carbonyl (C=O) groups excluding carboxylic acids is 1. The summed E-state index contributed by atoms with van der Waals surface area (Å²) in [6.45, 7) is 0.272. The Bertz CT molecular complexity index is 1060. The average molecular weight is 444 g/mol. The summed E-state index contributed by atoms with van der Waals surface area (Å²) >= 11 is 2.24. The van der Waals surface area contributed by atoms with Gasteiger partial charge in [-0.05, 0) is 70.6 Å². The number of hydrogen-bond acceptors (Lipinski definition) is 4. The largest absolute Gasteiger partial charge is 0.456 e. The molecular weight excluding hydrogens is 431 g/mol. The van der Waals surface area contributed by atoms with E-state index in [0.29, 0.717) is 11.1 Å². The Morgan fingerprint density at radius 1 is 1.12 bits per heavy atom. The zero-order chi connectivity index (χ0) is 17.2. The summed E-state index contributed by atoms with van der Waals surface area (Å²) in [5, 5.41) is 1.71. The van der Waals surface area contributed by atoms with Crippen LogP contribution in [-0.2, 0) is 11.4 Å². The number of fused-ring (bicyclic) bond motifs is 3. The van der Waals surface area contributed by atoms with Crippen molar-refractivity contribution >= 4 is 50.4 Å². The van der Waals surface area contributed by atoms with Crippen LogP contribution in [0, 0.1) is 3.57 Å². The molecule has 5 nitrogen and oxygen atoms in total. The number of aromatic nitrogens is 1. The SMILES string of the molecule is O=C(NOCc1ccncc1)c1cccc2oc3ccc(I)cc3c12. The van der Waals surface area contributed by atoms with Crippen LogP contribution >= 0.6 is 22.6 Å². The first kappa shape index (κ1) is 16.0. The molecule has 4 rings (SSSR count). The Balaban J connectivity index is 1.63. The van der Waals surface area contributed by atoms with Crippen LogP contribution in [0.1, 0.15) is 15.9 Å². The van der Waals surface area contributed by atoms with Crippen LogP contribution in [0.4, 0.5) is 0 Å². The van der Waals surface area contributed by atoms with Crippen LogP contribution in [0.25, 0.3) is 21.9 Å². The number of nitrogens with zero attached hydrogens (tertiary/aromatic N) is 1. The smallest absolute Gasteiger partial charge is 0.275 e. The fraction of sp³-hybridized carbons (Fsp3) is 0.0526. The van der Waals surface area contributed by atoms with E-state index < -0.39 is 0 Å². The maximum atomic E-state index is 12.6. The minimum Gasteiger partial charge on any atom is -0.456 e. The number of halogens is 1. The van der Waals surface area contributed by atoms with Crippen molar-refractivity contribution < 1.29 is 14.0 Å². The van der Waals surface area contributed by atoms with Gasteiger partial charge in [-0.1, -0.05) is 6.07 Å². The molecule has 2 aromatic carbocycles. The standard InChI is InChI=1S/C19H13IN2O3/c20-13-4-5-16-15(10-13)18-14(2-1-3-17(18)25-16)19(23)22-24-11-12-6-8-21-9-7-12/h1-10H,11H2,(H,22,23). The number of nitrogens with one attached hydrogen (secondary N) is 1. The van der Waals surface area contributed by atoms with Gasteiger partial charge >= 0.3 is 0 Å². The quantitative estimate of drug-likeness (QED) is 0.373. The first-order chi connectivity index (χ1) is 12.2. The molecule has 6 heteroatoms. The fourth-order valence-electron chi connectivity index (χ4n) is 2.71. The number of furan rings is 1. The van der Waals surface area contributed by atoms with E-state index in [-0.39, 0.29) is 12.5 Å². The number of amides is 1. The molecule has 0 radical (unpaired) electrons. The van der Waals surface area contributed by atoms with Crippen molar-refractivity contribution in [3.8, 4) is 0 Å². The third-order valence-electron chi connectivity index (χ3n) is 3.85.